The van der Waals surface area contributed by atoms with Gasteiger partial charge in [0.25, 0.3) is 5.91 Å². The zero-order valence-electron chi connectivity index (χ0n) is 16.6. The molecule has 0 atom stereocenters. The van der Waals surface area contributed by atoms with Crippen molar-refractivity contribution in [2.75, 3.05) is 0 Å². The zero-order valence-corrected chi connectivity index (χ0v) is 16.6. The number of nitrogens with two attached hydrogens (primary N) is 1. The predicted molar refractivity (Wildman–Crippen MR) is 108 cm³/mol. The molecule has 0 spiro atoms. The van der Waals surface area contributed by atoms with Crippen LogP contribution in [-0.2, 0) is 4.79 Å². The largest absolute Gasteiger partial charge is 0.319 e. The van der Waals surface area contributed by atoms with E-state index in [0.29, 0.717) is 17.0 Å². The van der Waals surface area contributed by atoms with Gasteiger partial charge in [-0.3, -0.25) is 14.6 Å². The first-order valence-corrected chi connectivity index (χ1v) is 10.2. The van der Waals surface area contributed by atoms with Gasteiger partial charge in [0.05, 0.1) is 0 Å². The number of imide groups is 1. The van der Waals surface area contributed by atoms with E-state index in [-0.39, 0.29) is 0 Å². The van der Waals surface area contributed by atoms with Crippen LogP contribution in [-0.4, -0.2) is 21.8 Å². The Bertz CT molecular complexity index is 605. The fraction of sp³-hybridized carbons (Fsp3) is 0.591. The van der Waals surface area contributed by atoms with Crippen LogP contribution in [0, 0.1) is 11.8 Å². The molecule has 1 heterocycles. The molecule has 2 amide bonds. The van der Waals surface area contributed by atoms with Crippen molar-refractivity contribution in [3.05, 3.63) is 30.1 Å². The molecular weight excluding hydrogens is 338 g/mol. The van der Waals surface area contributed by atoms with Crippen molar-refractivity contribution >= 4 is 11.8 Å². The lowest BCUT2D eigenvalue weighted by Crippen LogP contribution is -2.41. The van der Waals surface area contributed by atoms with Crippen LogP contribution >= 0.6 is 0 Å². The van der Waals surface area contributed by atoms with Gasteiger partial charge in [-0.05, 0) is 24.5 Å². The summed E-state index contributed by atoms with van der Waals surface area (Å²) in [4.78, 5) is 27.7. The van der Waals surface area contributed by atoms with Crippen LogP contribution in [0.15, 0.2) is 24.5 Å². The van der Waals surface area contributed by atoms with Crippen molar-refractivity contribution in [3.8, 4) is 11.8 Å². The highest BCUT2D eigenvalue weighted by molar-refractivity contribution is 6.09. The Balaban J connectivity index is 2.07. The summed E-state index contributed by atoms with van der Waals surface area (Å²) in [7, 11) is 0. The van der Waals surface area contributed by atoms with Gasteiger partial charge in [-0.1, -0.05) is 77.1 Å². The number of amides is 2. The maximum atomic E-state index is 12.0. The molecule has 0 aromatic carbocycles. The molecule has 0 saturated carbocycles. The van der Waals surface area contributed by atoms with Crippen LogP contribution in [0.1, 0.15) is 94.3 Å². The van der Waals surface area contributed by atoms with Gasteiger partial charge in [-0.15, -0.1) is 0 Å². The second-order valence-electron chi connectivity index (χ2n) is 6.80. The van der Waals surface area contributed by atoms with Crippen LogP contribution in [0.4, 0.5) is 0 Å². The Kier molecular flexibility index (Phi) is 12.6. The second kappa shape index (κ2) is 14.9. The van der Waals surface area contributed by atoms with Gasteiger partial charge < -0.3 is 0 Å². The Labute approximate surface area is 163 Å². The number of carbonyl (C=O) groups excluding carboxylic acids is 2. The lowest BCUT2D eigenvalue weighted by Gasteiger charge is -2.10. The van der Waals surface area contributed by atoms with Crippen LogP contribution < -0.4 is 5.84 Å². The summed E-state index contributed by atoms with van der Waals surface area (Å²) in [5.74, 6) is 9.55. The molecule has 0 unspecified atom stereocenters. The number of aromatic nitrogens is 1. The minimum absolute atomic E-state index is 0.313. The highest BCUT2D eigenvalue weighted by Crippen LogP contribution is 2.11. The van der Waals surface area contributed by atoms with E-state index in [4.69, 9.17) is 5.84 Å². The average molecular weight is 372 g/mol. The van der Waals surface area contributed by atoms with Crippen LogP contribution in [0.5, 0.6) is 0 Å². The van der Waals surface area contributed by atoms with Crippen molar-refractivity contribution in [2.24, 2.45) is 5.84 Å². The van der Waals surface area contributed by atoms with Gasteiger partial charge in [0.15, 0.2) is 0 Å². The molecule has 5 nitrogen and oxygen atoms in total. The molecule has 1 aromatic heterocycles. The summed E-state index contributed by atoms with van der Waals surface area (Å²) in [5.41, 5.74) is 0.313. The monoisotopic (exact) mass is 371 g/mol. The molecular formula is C22H33N3O2. The molecule has 0 bridgehead atoms. The first-order valence-electron chi connectivity index (χ1n) is 10.2. The minimum Gasteiger partial charge on any atom is -0.267 e. The summed E-state index contributed by atoms with van der Waals surface area (Å²) in [5, 5.41) is 0.558. The Hall–Kier alpha value is -2.19. The van der Waals surface area contributed by atoms with Crippen molar-refractivity contribution in [3.63, 3.8) is 0 Å². The number of hydrazine groups is 1. The van der Waals surface area contributed by atoms with Crippen molar-refractivity contribution in [1.29, 1.82) is 0 Å². The maximum absolute atomic E-state index is 12.0. The summed E-state index contributed by atoms with van der Waals surface area (Å²) in [6.45, 7) is 2.24. The zero-order chi connectivity index (χ0) is 19.7. The molecule has 2 N–H and O–H groups in total. The van der Waals surface area contributed by atoms with E-state index in [9.17, 15) is 9.59 Å². The quantitative estimate of drug-likeness (QED) is 0.191. The van der Waals surface area contributed by atoms with E-state index in [1.54, 1.807) is 0 Å². The second-order valence-corrected chi connectivity index (χ2v) is 6.80. The summed E-state index contributed by atoms with van der Waals surface area (Å²) >= 11 is 0. The molecule has 0 radical (unpaired) electrons. The van der Waals surface area contributed by atoms with Crippen LogP contribution in [0.25, 0.3) is 0 Å². The van der Waals surface area contributed by atoms with E-state index in [1.807, 2.05) is 0 Å². The number of hydrogen-bond donors (Lipinski definition) is 1. The molecule has 0 aliphatic carbocycles. The fourth-order valence-electron chi connectivity index (χ4n) is 2.80. The SMILES string of the molecule is CCCCCCCCCCCCCC#CC(=O)N(N)C(=O)c1ccncc1. The minimum atomic E-state index is -0.681. The molecule has 27 heavy (non-hydrogen) atoms. The molecule has 148 valence electrons. The standard InChI is InChI=1S/C22H33N3O2/c1-2-3-4-5-6-7-8-9-10-11-12-13-14-15-21(26)25(23)22(27)20-16-18-24-19-17-20/h16-19H,2-13,23H2,1H3. The van der Waals surface area contributed by atoms with Gasteiger partial charge in [0.1, 0.15) is 0 Å². The summed E-state index contributed by atoms with van der Waals surface area (Å²) in [6, 6.07) is 3.02. The Morgan fingerprint density at radius 2 is 1.44 bits per heavy atom. The third-order valence-electron chi connectivity index (χ3n) is 4.47. The molecule has 5 heteroatoms. The van der Waals surface area contributed by atoms with Crippen molar-refractivity contribution in [2.45, 2.75) is 84.0 Å². The number of carbonyl (C=O) groups is 2. The maximum Gasteiger partial charge on any atom is 0.319 e. The molecule has 1 aromatic rings. The fourth-order valence-corrected chi connectivity index (χ4v) is 2.80. The summed E-state index contributed by atoms with van der Waals surface area (Å²) < 4.78 is 0. The highest BCUT2D eigenvalue weighted by Gasteiger charge is 2.17. The van der Waals surface area contributed by atoms with Crippen molar-refractivity contribution in [1.82, 2.24) is 9.99 Å². The molecule has 1 rings (SSSR count). The third kappa shape index (κ3) is 10.5. The van der Waals surface area contributed by atoms with Gasteiger partial charge in [0.2, 0.25) is 0 Å². The molecule has 0 aliphatic rings. The normalized spacial score (nSPS) is 10.1. The number of rotatable bonds is 12. The number of nitrogens with zero attached hydrogens (tertiary/aromatic N) is 2. The van der Waals surface area contributed by atoms with Crippen LogP contribution in [0.3, 0.4) is 0 Å². The number of pyridine rings is 1. The summed E-state index contributed by atoms with van der Waals surface area (Å²) in [6.07, 6.45) is 17.6. The number of unbranched alkanes of at least 4 members (excludes halogenated alkanes) is 11. The van der Waals surface area contributed by atoms with E-state index in [1.165, 1.54) is 82.3 Å². The predicted octanol–water partition coefficient (Wildman–Crippen LogP) is 4.63. The first-order chi connectivity index (χ1) is 13.2. The van der Waals surface area contributed by atoms with Gasteiger partial charge in [-0.2, -0.15) is 0 Å². The lowest BCUT2D eigenvalue weighted by molar-refractivity contribution is -0.122. The average Bonchev–Trinajstić information content (AvgIpc) is 2.70. The van der Waals surface area contributed by atoms with E-state index in [2.05, 4.69) is 23.7 Å². The molecule has 0 fully saturated rings. The lowest BCUT2D eigenvalue weighted by atomic mass is 10.1. The van der Waals surface area contributed by atoms with Gasteiger partial charge in [-0.25, -0.2) is 10.9 Å². The first kappa shape index (κ1) is 22.9. The Morgan fingerprint density at radius 1 is 0.926 bits per heavy atom. The Morgan fingerprint density at radius 3 is 2.00 bits per heavy atom. The topological polar surface area (TPSA) is 76.3 Å². The third-order valence-corrected chi connectivity index (χ3v) is 4.47. The smallest absolute Gasteiger partial charge is 0.267 e. The van der Waals surface area contributed by atoms with E-state index < -0.39 is 11.8 Å². The molecule has 0 saturated heterocycles. The molecule has 0 aliphatic heterocycles. The van der Waals surface area contributed by atoms with Crippen molar-refractivity contribution < 1.29 is 9.59 Å². The van der Waals surface area contributed by atoms with Gasteiger partial charge in [0, 0.05) is 24.4 Å². The highest BCUT2D eigenvalue weighted by atomic mass is 16.2. The number of hydrogen-bond acceptors (Lipinski definition) is 4. The van der Waals surface area contributed by atoms with Crippen LogP contribution in [0.2, 0.25) is 0 Å². The van der Waals surface area contributed by atoms with Gasteiger partial charge >= 0.3 is 5.91 Å². The van der Waals surface area contributed by atoms with E-state index >= 15 is 0 Å². The van der Waals surface area contributed by atoms with E-state index in [0.717, 1.165) is 12.8 Å².